The van der Waals surface area contributed by atoms with E-state index in [0.29, 0.717) is 12.8 Å². The molecule has 3 N–H and O–H groups in total. The average Bonchev–Trinajstić information content (AvgIpc) is 2.21. The van der Waals surface area contributed by atoms with Crippen molar-refractivity contribution < 1.29 is 15.3 Å². The van der Waals surface area contributed by atoms with Gasteiger partial charge >= 0.3 is 0 Å². The van der Waals surface area contributed by atoms with Gasteiger partial charge in [-0.2, -0.15) is 0 Å². The van der Waals surface area contributed by atoms with Crippen LogP contribution < -0.4 is 0 Å². The summed E-state index contributed by atoms with van der Waals surface area (Å²) in [5.74, 6) is 0. The van der Waals surface area contributed by atoms with E-state index >= 15 is 0 Å². The monoisotopic (exact) mass is 204 g/mol. The molecule has 0 aromatic heterocycles. The quantitative estimate of drug-likeness (QED) is 0.498. The van der Waals surface area contributed by atoms with Crippen LogP contribution in [0.2, 0.25) is 0 Å². The predicted molar refractivity (Wildman–Crippen MR) is 57.1 cm³/mol. The number of hydrogen-bond donors (Lipinski definition) is 3. The molecule has 0 spiro atoms. The highest BCUT2D eigenvalue weighted by molar-refractivity contribution is 4.60. The standard InChI is InChI=1S/C11H24O3/c1-2-3-4-5-6-10(13)7-8-11(14)9-12/h10-14H,2-9H2,1H3/t10-,11?/m1/s1. The van der Waals surface area contributed by atoms with Crippen molar-refractivity contribution in [1.82, 2.24) is 0 Å². The lowest BCUT2D eigenvalue weighted by Crippen LogP contribution is -2.16. The predicted octanol–water partition coefficient (Wildman–Crippen LogP) is 1.45. The van der Waals surface area contributed by atoms with Crippen molar-refractivity contribution >= 4 is 0 Å². The lowest BCUT2D eigenvalue weighted by Gasteiger charge is -2.12. The molecule has 0 rings (SSSR count). The summed E-state index contributed by atoms with van der Waals surface area (Å²) in [5, 5.41) is 27.1. The van der Waals surface area contributed by atoms with Gasteiger partial charge in [-0.05, 0) is 19.3 Å². The smallest absolute Gasteiger partial charge is 0.0771 e. The third-order valence-electron chi connectivity index (χ3n) is 2.43. The van der Waals surface area contributed by atoms with Crippen LogP contribution in [0.5, 0.6) is 0 Å². The summed E-state index contributed by atoms with van der Waals surface area (Å²) in [6.45, 7) is 1.95. The topological polar surface area (TPSA) is 60.7 Å². The Labute approximate surface area is 86.8 Å². The minimum absolute atomic E-state index is 0.206. The van der Waals surface area contributed by atoms with Crippen molar-refractivity contribution in [1.29, 1.82) is 0 Å². The molecule has 0 aromatic rings. The fraction of sp³-hybridized carbons (Fsp3) is 1.00. The minimum Gasteiger partial charge on any atom is -0.394 e. The fourth-order valence-electron chi connectivity index (χ4n) is 1.43. The average molecular weight is 204 g/mol. The third kappa shape index (κ3) is 8.48. The zero-order chi connectivity index (χ0) is 10.8. The van der Waals surface area contributed by atoms with E-state index < -0.39 is 6.10 Å². The van der Waals surface area contributed by atoms with E-state index in [1.165, 1.54) is 19.3 Å². The van der Waals surface area contributed by atoms with E-state index in [1.54, 1.807) is 0 Å². The first-order valence-electron chi connectivity index (χ1n) is 5.67. The summed E-state index contributed by atoms with van der Waals surface area (Å²) in [6, 6.07) is 0. The second-order valence-corrected chi connectivity index (χ2v) is 3.92. The number of unbranched alkanes of at least 4 members (excludes halogenated alkanes) is 3. The van der Waals surface area contributed by atoms with Crippen LogP contribution in [0.1, 0.15) is 51.9 Å². The second-order valence-electron chi connectivity index (χ2n) is 3.92. The van der Waals surface area contributed by atoms with Crippen LogP contribution in [0.25, 0.3) is 0 Å². The Morgan fingerprint density at radius 3 is 2.07 bits per heavy atom. The molecule has 0 heterocycles. The van der Waals surface area contributed by atoms with Crippen LogP contribution >= 0.6 is 0 Å². The van der Waals surface area contributed by atoms with E-state index in [4.69, 9.17) is 10.2 Å². The SMILES string of the molecule is CCCCCC[C@@H](O)CCC(O)CO. The summed E-state index contributed by atoms with van der Waals surface area (Å²) < 4.78 is 0. The first kappa shape index (κ1) is 13.9. The van der Waals surface area contributed by atoms with Crippen LogP contribution in [0, 0.1) is 0 Å². The molecule has 0 saturated carbocycles. The fourth-order valence-corrected chi connectivity index (χ4v) is 1.43. The molecule has 3 nitrogen and oxygen atoms in total. The van der Waals surface area contributed by atoms with Gasteiger partial charge in [-0.3, -0.25) is 0 Å². The van der Waals surface area contributed by atoms with Crippen LogP contribution in [0.4, 0.5) is 0 Å². The van der Waals surface area contributed by atoms with Gasteiger partial charge in [0.25, 0.3) is 0 Å². The number of hydrogen-bond acceptors (Lipinski definition) is 3. The molecule has 0 amide bonds. The summed E-state index contributed by atoms with van der Waals surface area (Å²) in [5.41, 5.74) is 0. The largest absolute Gasteiger partial charge is 0.394 e. The molecule has 0 aromatic carbocycles. The van der Waals surface area contributed by atoms with Gasteiger partial charge in [-0.25, -0.2) is 0 Å². The summed E-state index contributed by atoms with van der Waals surface area (Å²) in [6.07, 6.45) is 5.59. The van der Waals surface area contributed by atoms with E-state index in [9.17, 15) is 5.11 Å². The highest BCUT2D eigenvalue weighted by Crippen LogP contribution is 2.10. The molecule has 0 fully saturated rings. The highest BCUT2D eigenvalue weighted by atomic mass is 16.3. The Bertz CT molecular complexity index is 117. The normalized spacial score (nSPS) is 15.4. The first-order valence-corrected chi connectivity index (χ1v) is 5.67. The summed E-state index contributed by atoms with van der Waals surface area (Å²) in [7, 11) is 0. The molecule has 3 heteroatoms. The van der Waals surface area contributed by atoms with Gasteiger partial charge in [0.15, 0.2) is 0 Å². The number of aliphatic hydroxyl groups excluding tert-OH is 3. The lowest BCUT2D eigenvalue weighted by atomic mass is 10.0. The molecular formula is C11H24O3. The first-order chi connectivity index (χ1) is 6.70. The maximum atomic E-state index is 9.50. The maximum absolute atomic E-state index is 9.50. The Hall–Kier alpha value is -0.120. The van der Waals surface area contributed by atoms with Crippen LogP contribution in [-0.2, 0) is 0 Å². The van der Waals surface area contributed by atoms with Crippen molar-refractivity contribution in [3.05, 3.63) is 0 Å². The van der Waals surface area contributed by atoms with E-state index in [-0.39, 0.29) is 12.7 Å². The Morgan fingerprint density at radius 2 is 1.50 bits per heavy atom. The second kappa shape index (κ2) is 9.44. The maximum Gasteiger partial charge on any atom is 0.0771 e. The van der Waals surface area contributed by atoms with E-state index in [2.05, 4.69) is 6.92 Å². The molecule has 0 saturated heterocycles. The summed E-state index contributed by atoms with van der Waals surface area (Å²) in [4.78, 5) is 0. The van der Waals surface area contributed by atoms with Gasteiger partial charge in [0.1, 0.15) is 0 Å². The lowest BCUT2D eigenvalue weighted by molar-refractivity contribution is 0.0660. The number of aliphatic hydroxyl groups is 3. The third-order valence-corrected chi connectivity index (χ3v) is 2.43. The van der Waals surface area contributed by atoms with Gasteiger partial charge in [-0.1, -0.05) is 32.6 Å². The molecule has 2 atom stereocenters. The number of rotatable bonds is 9. The van der Waals surface area contributed by atoms with Crippen LogP contribution in [-0.4, -0.2) is 34.1 Å². The zero-order valence-corrected chi connectivity index (χ0v) is 9.15. The van der Waals surface area contributed by atoms with E-state index in [0.717, 1.165) is 12.8 Å². The Balaban J connectivity index is 3.23. The van der Waals surface area contributed by atoms with E-state index in [1.807, 2.05) is 0 Å². The van der Waals surface area contributed by atoms with Crippen molar-refractivity contribution in [2.45, 2.75) is 64.1 Å². The zero-order valence-electron chi connectivity index (χ0n) is 9.15. The van der Waals surface area contributed by atoms with Crippen molar-refractivity contribution in [3.8, 4) is 0 Å². The van der Waals surface area contributed by atoms with Gasteiger partial charge in [0, 0.05) is 0 Å². The molecule has 1 unspecified atom stereocenters. The molecule has 0 aliphatic heterocycles. The van der Waals surface area contributed by atoms with Crippen molar-refractivity contribution in [3.63, 3.8) is 0 Å². The molecule has 0 radical (unpaired) electrons. The van der Waals surface area contributed by atoms with Crippen LogP contribution in [0.15, 0.2) is 0 Å². The van der Waals surface area contributed by atoms with Crippen LogP contribution in [0.3, 0.4) is 0 Å². The molecule has 0 bridgehead atoms. The van der Waals surface area contributed by atoms with Crippen molar-refractivity contribution in [2.24, 2.45) is 0 Å². The molecular weight excluding hydrogens is 180 g/mol. The van der Waals surface area contributed by atoms with Crippen molar-refractivity contribution in [2.75, 3.05) is 6.61 Å². The molecule has 0 aliphatic carbocycles. The molecule has 0 aliphatic rings. The van der Waals surface area contributed by atoms with Gasteiger partial charge in [0.2, 0.25) is 0 Å². The summed E-state index contributed by atoms with van der Waals surface area (Å²) >= 11 is 0. The molecule has 14 heavy (non-hydrogen) atoms. The van der Waals surface area contributed by atoms with Gasteiger partial charge < -0.3 is 15.3 Å². The van der Waals surface area contributed by atoms with Gasteiger partial charge in [-0.15, -0.1) is 0 Å². The highest BCUT2D eigenvalue weighted by Gasteiger charge is 2.07. The minimum atomic E-state index is -0.666. The Kier molecular flexibility index (Phi) is 9.35. The molecule has 86 valence electrons. The van der Waals surface area contributed by atoms with Gasteiger partial charge in [0.05, 0.1) is 18.8 Å². The Morgan fingerprint density at radius 1 is 0.857 bits per heavy atom.